The molecule has 0 spiro atoms. The summed E-state index contributed by atoms with van der Waals surface area (Å²) in [7, 11) is 0. The van der Waals surface area contributed by atoms with Crippen molar-refractivity contribution in [3.8, 4) is 0 Å². The fourth-order valence-corrected chi connectivity index (χ4v) is 6.29. The minimum Gasteiger partial charge on any atom is -0.349 e. The number of aromatic nitrogens is 2. The Kier molecular flexibility index (Phi) is 5.93. The molecule has 0 fully saturated rings. The molecule has 1 aliphatic rings. The van der Waals surface area contributed by atoms with Crippen molar-refractivity contribution >= 4 is 50.6 Å². The van der Waals surface area contributed by atoms with Gasteiger partial charge >= 0.3 is 0 Å². The molecule has 1 amide bonds. The second-order valence-electron chi connectivity index (χ2n) is 7.46. The van der Waals surface area contributed by atoms with E-state index < -0.39 is 0 Å². The van der Waals surface area contributed by atoms with Crippen LogP contribution in [0.4, 0.5) is 0 Å². The molecule has 0 bridgehead atoms. The maximum absolute atomic E-state index is 13.1. The Hall–Kier alpha value is -2.42. The van der Waals surface area contributed by atoms with Gasteiger partial charge in [-0.05, 0) is 53.3 Å². The summed E-state index contributed by atoms with van der Waals surface area (Å²) in [6.07, 6.45) is 2.70. The number of nitrogens with zero attached hydrogens (tertiary/aromatic N) is 2. The molecule has 5 rings (SSSR count). The van der Waals surface area contributed by atoms with Crippen molar-refractivity contribution in [1.82, 2.24) is 14.9 Å². The molecule has 1 atom stereocenters. The maximum atomic E-state index is 13.1. The number of carbonyl (C=O) groups excluding carboxylic acids is 1. The van der Waals surface area contributed by atoms with E-state index in [0.29, 0.717) is 21.9 Å². The summed E-state index contributed by atoms with van der Waals surface area (Å²) in [5.74, 6) is 0.205. The van der Waals surface area contributed by atoms with E-state index in [2.05, 4.69) is 23.5 Å². The first-order chi connectivity index (χ1) is 15.2. The summed E-state index contributed by atoms with van der Waals surface area (Å²) in [5.41, 5.74) is 3.21. The second kappa shape index (κ2) is 8.98. The first-order valence-corrected chi connectivity index (χ1v) is 12.9. The normalized spacial score (nSPS) is 15.3. The Morgan fingerprint density at radius 2 is 2.06 bits per heavy atom. The molecule has 4 aromatic rings. The number of amides is 1. The van der Waals surface area contributed by atoms with Crippen LogP contribution in [-0.2, 0) is 24.2 Å². The summed E-state index contributed by atoms with van der Waals surface area (Å²) in [6, 6.07) is 14.3. The van der Waals surface area contributed by atoms with E-state index in [9.17, 15) is 9.59 Å². The Morgan fingerprint density at radius 3 is 2.94 bits per heavy atom. The standard InChI is InChI=1S/C23H21N3O2S3/c27-20(24-18-8-7-15-4-1-2-6-17(15)18)14-31-23-25-19-10-13-30-21(19)22(28)26(23)11-9-16-5-3-12-29-16/h1-6,10,12-13,18H,7-9,11,14H2,(H,24,27). The van der Waals surface area contributed by atoms with Crippen molar-refractivity contribution in [2.24, 2.45) is 0 Å². The minimum absolute atomic E-state index is 0.0239. The Morgan fingerprint density at radius 1 is 1.16 bits per heavy atom. The number of aryl methyl sites for hydroxylation is 2. The van der Waals surface area contributed by atoms with Crippen LogP contribution in [0.25, 0.3) is 10.2 Å². The maximum Gasteiger partial charge on any atom is 0.272 e. The van der Waals surface area contributed by atoms with Gasteiger partial charge in [0.2, 0.25) is 5.91 Å². The van der Waals surface area contributed by atoms with Gasteiger partial charge in [-0.15, -0.1) is 22.7 Å². The third-order valence-electron chi connectivity index (χ3n) is 5.49. The molecule has 31 heavy (non-hydrogen) atoms. The predicted octanol–water partition coefficient (Wildman–Crippen LogP) is 4.66. The lowest BCUT2D eigenvalue weighted by Gasteiger charge is -2.15. The largest absolute Gasteiger partial charge is 0.349 e. The van der Waals surface area contributed by atoms with Crippen molar-refractivity contribution < 1.29 is 4.79 Å². The lowest BCUT2D eigenvalue weighted by Crippen LogP contribution is -2.29. The van der Waals surface area contributed by atoms with E-state index in [1.165, 1.54) is 39.1 Å². The van der Waals surface area contributed by atoms with Crippen LogP contribution in [0.3, 0.4) is 0 Å². The molecule has 0 radical (unpaired) electrons. The minimum atomic E-state index is -0.0313. The smallest absolute Gasteiger partial charge is 0.272 e. The van der Waals surface area contributed by atoms with Crippen molar-refractivity contribution in [2.45, 2.75) is 37.0 Å². The molecule has 158 valence electrons. The number of benzene rings is 1. The van der Waals surface area contributed by atoms with Crippen LogP contribution in [0.1, 0.15) is 28.5 Å². The van der Waals surface area contributed by atoms with Crippen LogP contribution in [0.5, 0.6) is 0 Å². The van der Waals surface area contributed by atoms with E-state index >= 15 is 0 Å². The Labute approximate surface area is 192 Å². The van der Waals surface area contributed by atoms with Gasteiger partial charge in [0.05, 0.1) is 17.3 Å². The second-order valence-corrected chi connectivity index (χ2v) is 10.4. The fourth-order valence-electron chi connectivity index (χ4n) is 3.98. The third kappa shape index (κ3) is 4.33. The van der Waals surface area contributed by atoms with Gasteiger partial charge in [-0.25, -0.2) is 4.98 Å². The molecule has 3 aromatic heterocycles. The molecule has 1 aliphatic carbocycles. The van der Waals surface area contributed by atoms with Crippen LogP contribution in [-0.4, -0.2) is 21.2 Å². The average Bonchev–Trinajstić information content (AvgIpc) is 3.53. The number of rotatable bonds is 7. The third-order valence-corrected chi connectivity index (χ3v) is 8.30. The van der Waals surface area contributed by atoms with Gasteiger partial charge in [0.15, 0.2) is 5.16 Å². The summed E-state index contributed by atoms with van der Waals surface area (Å²) < 4.78 is 2.39. The van der Waals surface area contributed by atoms with E-state index in [4.69, 9.17) is 4.98 Å². The lowest BCUT2D eigenvalue weighted by molar-refractivity contribution is -0.119. The number of thiophene rings is 2. The zero-order valence-corrected chi connectivity index (χ0v) is 19.2. The van der Waals surface area contributed by atoms with Crippen LogP contribution in [0.2, 0.25) is 0 Å². The van der Waals surface area contributed by atoms with Gasteiger partial charge in [0.25, 0.3) is 5.56 Å². The Bertz CT molecular complexity index is 1280. The van der Waals surface area contributed by atoms with Gasteiger partial charge in [0.1, 0.15) is 4.70 Å². The lowest BCUT2D eigenvalue weighted by atomic mass is 10.1. The summed E-state index contributed by atoms with van der Waals surface area (Å²) >= 11 is 4.44. The first kappa shape index (κ1) is 20.5. The van der Waals surface area contributed by atoms with E-state index in [0.717, 1.165) is 19.3 Å². The Balaban J connectivity index is 1.31. The SMILES string of the molecule is O=C(CSc1nc2ccsc2c(=O)n1CCc1cccs1)NC1CCc2ccccc21. The molecular weight excluding hydrogens is 446 g/mol. The number of thioether (sulfide) groups is 1. The van der Waals surface area contributed by atoms with Gasteiger partial charge in [-0.1, -0.05) is 42.1 Å². The van der Waals surface area contributed by atoms with Crippen LogP contribution < -0.4 is 10.9 Å². The highest BCUT2D eigenvalue weighted by molar-refractivity contribution is 7.99. The zero-order chi connectivity index (χ0) is 21.2. The van der Waals surface area contributed by atoms with Crippen LogP contribution in [0.15, 0.2) is 63.2 Å². The highest BCUT2D eigenvalue weighted by atomic mass is 32.2. The molecule has 0 aliphatic heterocycles. The number of nitrogens with one attached hydrogen (secondary N) is 1. The molecule has 0 saturated carbocycles. The molecule has 1 aromatic carbocycles. The molecule has 5 nitrogen and oxygen atoms in total. The van der Waals surface area contributed by atoms with Gasteiger partial charge < -0.3 is 5.32 Å². The van der Waals surface area contributed by atoms with Crippen molar-refractivity contribution in [1.29, 1.82) is 0 Å². The molecule has 0 saturated heterocycles. The summed E-state index contributed by atoms with van der Waals surface area (Å²) in [4.78, 5) is 31.7. The highest BCUT2D eigenvalue weighted by Crippen LogP contribution is 2.31. The summed E-state index contributed by atoms with van der Waals surface area (Å²) in [6.45, 7) is 0.556. The quantitative estimate of drug-likeness (QED) is 0.317. The topological polar surface area (TPSA) is 64.0 Å². The van der Waals surface area contributed by atoms with E-state index in [-0.39, 0.29) is 23.3 Å². The first-order valence-electron chi connectivity index (χ1n) is 10.2. The predicted molar refractivity (Wildman–Crippen MR) is 128 cm³/mol. The number of fused-ring (bicyclic) bond motifs is 2. The number of carbonyl (C=O) groups is 1. The monoisotopic (exact) mass is 467 g/mol. The molecule has 8 heteroatoms. The van der Waals surface area contributed by atoms with Crippen LogP contribution in [0, 0.1) is 0 Å². The van der Waals surface area contributed by atoms with Gasteiger partial charge in [0, 0.05) is 11.4 Å². The van der Waals surface area contributed by atoms with Crippen molar-refractivity contribution in [2.75, 3.05) is 5.75 Å². The van der Waals surface area contributed by atoms with E-state index in [1.54, 1.807) is 15.9 Å². The molecule has 1 unspecified atom stereocenters. The molecule has 1 N–H and O–H groups in total. The van der Waals surface area contributed by atoms with Gasteiger partial charge in [-0.2, -0.15) is 0 Å². The summed E-state index contributed by atoms with van der Waals surface area (Å²) in [5, 5.41) is 7.69. The average molecular weight is 468 g/mol. The zero-order valence-electron chi connectivity index (χ0n) is 16.7. The molecular formula is C23H21N3O2S3. The number of hydrogen-bond donors (Lipinski definition) is 1. The number of hydrogen-bond acceptors (Lipinski definition) is 6. The van der Waals surface area contributed by atoms with Crippen molar-refractivity contribution in [3.05, 3.63) is 79.6 Å². The highest BCUT2D eigenvalue weighted by Gasteiger charge is 2.23. The van der Waals surface area contributed by atoms with Gasteiger partial charge in [-0.3, -0.25) is 14.2 Å². The fraction of sp³-hybridized carbons (Fsp3) is 0.261. The van der Waals surface area contributed by atoms with E-state index in [1.807, 2.05) is 35.0 Å². The van der Waals surface area contributed by atoms with Crippen LogP contribution >= 0.6 is 34.4 Å². The van der Waals surface area contributed by atoms with Crippen molar-refractivity contribution in [3.63, 3.8) is 0 Å². The molecule has 3 heterocycles.